The Morgan fingerprint density at radius 3 is 2.84 bits per heavy atom. The second kappa shape index (κ2) is 3.70. The first-order valence-electron chi connectivity index (χ1n) is 6.79. The number of aliphatic hydroxyl groups is 2. The molecule has 19 heavy (non-hydrogen) atoms. The van der Waals surface area contributed by atoms with Crippen molar-refractivity contribution in [3.05, 3.63) is 23.3 Å². The van der Waals surface area contributed by atoms with Gasteiger partial charge in [-0.1, -0.05) is 13.5 Å². The Bertz CT molecular complexity index is 506. The summed E-state index contributed by atoms with van der Waals surface area (Å²) in [5, 5.41) is 20.6. The van der Waals surface area contributed by atoms with Crippen molar-refractivity contribution in [3.8, 4) is 0 Å². The highest BCUT2D eigenvalue weighted by molar-refractivity contribution is 5.92. The summed E-state index contributed by atoms with van der Waals surface area (Å²) in [5.41, 5.74) is 1.85. The fourth-order valence-electron chi connectivity index (χ4n) is 4.01. The van der Waals surface area contributed by atoms with Crippen molar-refractivity contribution >= 4 is 5.97 Å². The van der Waals surface area contributed by atoms with Gasteiger partial charge in [-0.15, -0.1) is 0 Å². The van der Waals surface area contributed by atoms with Crippen molar-refractivity contribution in [2.24, 2.45) is 11.3 Å². The number of carbonyl (C=O) groups is 1. The zero-order valence-electron chi connectivity index (χ0n) is 11.4. The Morgan fingerprint density at radius 2 is 2.16 bits per heavy atom. The van der Waals surface area contributed by atoms with Crippen LogP contribution in [0.3, 0.4) is 0 Å². The van der Waals surface area contributed by atoms with Gasteiger partial charge in [0.15, 0.2) is 0 Å². The van der Waals surface area contributed by atoms with Crippen molar-refractivity contribution in [2.45, 2.75) is 51.4 Å². The van der Waals surface area contributed by atoms with Gasteiger partial charge in [-0.3, -0.25) is 0 Å². The number of aliphatic hydroxyl groups excluding tert-OH is 1. The fourth-order valence-corrected chi connectivity index (χ4v) is 4.01. The van der Waals surface area contributed by atoms with Crippen molar-refractivity contribution < 1.29 is 19.7 Å². The summed E-state index contributed by atoms with van der Waals surface area (Å²) in [6.07, 6.45) is 1.95. The molecule has 0 bridgehead atoms. The zero-order valence-corrected chi connectivity index (χ0v) is 11.4. The average molecular weight is 264 g/mol. The molecular formula is C15H20O4. The van der Waals surface area contributed by atoms with Crippen LogP contribution in [0.2, 0.25) is 0 Å². The maximum Gasteiger partial charge on any atom is 0.336 e. The van der Waals surface area contributed by atoms with Gasteiger partial charge in [-0.2, -0.15) is 0 Å². The monoisotopic (exact) mass is 264 g/mol. The predicted octanol–water partition coefficient (Wildman–Crippen LogP) is 1.68. The van der Waals surface area contributed by atoms with E-state index in [0.717, 1.165) is 12.0 Å². The first kappa shape index (κ1) is 12.9. The van der Waals surface area contributed by atoms with Gasteiger partial charge in [-0.25, -0.2) is 4.79 Å². The number of fused-ring (bicyclic) bond motifs is 2. The quantitative estimate of drug-likeness (QED) is 0.516. The van der Waals surface area contributed by atoms with E-state index in [1.807, 2.05) is 0 Å². The molecule has 4 atom stereocenters. The molecule has 0 aromatic heterocycles. The van der Waals surface area contributed by atoms with Gasteiger partial charge in [0.2, 0.25) is 5.79 Å². The molecule has 1 heterocycles. The molecular weight excluding hydrogens is 244 g/mol. The molecule has 3 rings (SSSR count). The first-order chi connectivity index (χ1) is 8.77. The molecule has 0 radical (unpaired) electrons. The SMILES string of the molecule is C=C1[C@H]2CC3=C(C)C(=O)O[C@]3(O)C[C@]2(C)CC[C@@H]1O. The minimum Gasteiger partial charge on any atom is -0.426 e. The lowest BCUT2D eigenvalue weighted by molar-refractivity contribution is -0.204. The number of esters is 1. The number of ether oxygens (including phenoxy) is 1. The summed E-state index contributed by atoms with van der Waals surface area (Å²) in [4.78, 5) is 11.7. The highest BCUT2D eigenvalue weighted by Gasteiger charge is 2.57. The van der Waals surface area contributed by atoms with E-state index < -0.39 is 17.9 Å². The second-order valence-corrected chi connectivity index (χ2v) is 6.49. The van der Waals surface area contributed by atoms with E-state index in [-0.39, 0.29) is 11.3 Å². The van der Waals surface area contributed by atoms with Crippen LogP contribution in [0.25, 0.3) is 0 Å². The van der Waals surface area contributed by atoms with Crippen LogP contribution in [0.5, 0.6) is 0 Å². The number of hydrogen-bond acceptors (Lipinski definition) is 4. The van der Waals surface area contributed by atoms with Gasteiger partial charge < -0.3 is 14.9 Å². The van der Waals surface area contributed by atoms with Gasteiger partial charge in [0.1, 0.15) is 0 Å². The smallest absolute Gasteiger partial charge is 0.336 e. The zero-order chi connectivity index (χ0) is 14.0. The fraction of sp³-hybridized carbons (Fsp3) is 0.667. The predicted molar refractivity (Wildman–Crippen MR) is 69.0 cm³/mol. The summed E-state index contributed by atoms with van der Waals surface area (Å²) in [7, 11) is 0. The summed E-state index contributed by atoms with van der Waals surface area (Å²) < 4.78 is 5.19. The van der Waals surface area contributed by atoms with Crippen LogP contribution in [0, 0.1) is 11.3 Å². The van der Waals surface area contributed by atoms with Crippen LogP contribution >= 0.6 is 0 Å². The molecule has 0 aromatic rings. The molecule has 0 aromatic carbocycles. The van der Waals surface area contributed by atoms with E-state index in [0.29, 0.717) is 30.4 Å². The number of rotatable bonds is 0. The standard InChI is InChI=1S/C15H20O4/c1-8-10-6-11-9(2)13(17)19-15(11,18)7-14(10,3)5-4-12(8)16/h10,12,16,18H,1,4-7H2,2-3H3/t10-,12+,14+,15-/m1/s1. The Morgan fingerprint density at radius 1 is 1.47 bits per heavy atom. The average Bonchev–Trinajstić information content (AvgIpc) is 2.53. The van der Waals surface area contributed by atoms with Gasteiger partial charge in [0, 0.05) is 17.6 Å². The summed E-state index contributed by atoms with van der Waals surface area (Å²) in [5.74, 6) is -1.75. The van der Waals surface area contributed by atoms with Crippen LogP contribution in [0.15, 0.2) is 23.3 Å². The van der Waals surface area contributed by atoms with E-state index in [2.05, 4.69) is 13.5 Å². The molecule has 2 saturated carbocycles. The third-order valence-electron chi connectivity index (χ3n) is 5.25. The highest BCUT2D eigenvalue weighted by atomic mass is 16.7. The van der Waals surface area contributed by atoms with Gasteiger partial charge in [-0.05, 0) is 43.1 Å². The topological polar surface area (TPSA) is 66.8 Å². The molecule has 0 spiro atoms. The van der Waals surface area contributed by atoms with Crippen molar-refractivity contribution in [1.82, 2.24) is 0 Å². The maximum absolute atomic E-state index is 11.7. The Kier molecular flexibility index (Phi) is 2.51. The molecule has 104 valence electrons. The van der Waals surface area contributed by atoms with Crippen LogP contribution in [0.4, 0.5) is 0 Å². The molecule has 2 N–H and O–H groups in total. The first-order valence-corrected chi connectivity index (χ1v) is 6.79. The Balaban J connectivity index is 2.03. The lowest BCUT2D eigenvalue weighted by atomic mass is 9.56. The lowest BCUT2D eigenvalue weighted by Crippen LogP contribution is -2.50. The lowest BCUT2D eigenvalue weighted by Gasteiger charge is -2.51. The normalized spacial score (nSPS) is 45.9. The van der Waals surface area contributed by atoms with E-state index in [1.165, 1.54) is 0 Å². The Hall–Kier alpha value is -1.13. The third kappa shape index (κ3) is 1.63. The van der Waals surface area contributed by atoms with E-state index >= 15 is 0 Å². The molecule has 2 aliphatic carbocycles. The molecule has 0 amide bonds. The van der Waals surface area contributed by atoms with Crippen molar-refractivity contribution in [1.29, 1.82) is 0 Å². The molecule has 3 aliphatic rings. The van der Waals surface area contributed by atoms with E-state index in [1.54, 1.807) is 6.92 Å². The molecule has 0 unspecified atom stereocenters. The Labute approximate surface area is 112 Å². The van der Waals surface area contributed by atoms with Gasteiger partial charge in [0.25, 0.3) is 0 Å². The van der Waals surface area contributed by atoms with E-state index in [9.17, 15) is 15.0 Å². The largest absolute Gasteiger partial charge is 0.426 e. The summed E-state index contributed by atoms with van der Waals surface area (Å²) in [6, 6.07) is 0. The van der Waals surface area contributed by atoms with Gasteiger partial charge >= 0.3 is 5.97 Å². The molecule has 1 aliphatic heterocycles. The number of hydrogen-bond donors (Lipinski definition) is 2. The van der Waals surface area contributed by atoms with Crippen LogP contribution in [-0.2, 0) is 9.53 Å². The second-order valence-electron chi connectivity index (χ2n) is 6.49. The molecule has 4 nitrogen and oxygen atoms in total. The van der Waals surface area contributed by atoms with Crippen LogP contribution < -0.4 is 0 Å². The minimum absolute atomic E-state index is 0.107. The molecule has 4 heteroatoms. The van der Waals surface area contributed by atoms with Crippen molar-refractivity contribution in [3.63, 3.8) is 0 Å². The highest BCUT2D eigenvalue weighted by Crippen LogP contribution is 2.58. The molecule has 0 saturated heterocycles. The van der Waals surface area contributed by atoms with Crippen molar-refractivity contribution in [2.75, 3.05) is 0 Å². The maximum atomic E-state index is 11.7. The van der Waals surface area contributed by atoms with Crippen LogP contribution in [0.1, 0.15) is 39.5 Å². The molecule has 2 fully saturated rings. The third-order valence-corrected chi connectivity index (χ3v) is 5.25. The summed E-state index contributed by atoms with van der Waals surface area (Å²) in [6.45, 7) is 7.81. The van der Waals surface area contributed by atoms with Crippen LogP contribution in [-0.4, -0.2) is 28.1 Å². The number of carbonyl (C=O) groups excluding carboxylic acids is 1. The van der Waals surface area contributed by atoms with E-state index in [4.69, 9.17) is 4.74 Å². The minimum atomic E-state index is -1.44. The summed E-state index contributed by atoms with van der Waals surface area (Å²) >= 11 is 0. The van der Waals surface area contributed by atoms with Gasteiger partial charge in [0.05, 0.1) is 6.10 Å².